The van der Waals surface area contributed by atoms with E-state index in [1.807, 2.05) is 25.4 Å². The van der Waals surface area contributed by atoms with Gasteiger partial charge in [-0.1, -0.05) is 0 Å². The van der Waals surface area contributed by atoms with Crippen LogP contribution in [0.2, 0.25) is 0 Å². The number of aryl methyl sites for hydroxylation is 2. The summed E-state index contributed by atoms with van der Waals surface area (Å²) in [4.78, 5) is 4.31. The molecule has 172 valence electrons. The number of nitrogens with two attached hydrogens (primary N) is 1. The van der Waals surface area contributed by atoms with Crippen LogP contribution in [0.25, 0.3) is 22.4 Å². The first kappa shape index (κ1) is 22.1. The Balaban J connectivity index is 1.84. The van der Waals surface area contributed by atoms with Crippen molar-refractivity contribution in [3.63, 3.8) is 0 Å². The second kappa shape index (κ2) is 8.47. The van der Waals surface area contributed by atoms with Crippen LogP contribution in [-0.2, 0) is 24.1 Å². The molecule has 12 heteroatoms. The first-order valence-corrected chi connectivity index (χ1v) is 11.2. The molecular formula is C21H23N7O4S. The molecule has 0 spiro atoms. The number of hydrogen-bond acceptors (Lipinski definition) is 8. The molecule has 3 heterocycles. The topological polar surface area (TPSA) is 139 Å². The van der Waals surface area contributed by atoms with E-state index in [0.717, 1.165) is 11.3 Å². The highest BCUT2D eigenvalue weighted by atomic mass is 32.2. The number of nitrogen functional groups attached to an aromatic ring is 1. The van der Waals surface area contributed by atoms with E-state index >= 15 is 0 Å². The van der Waals surface area contributed by atoms with Gasteiger partial charge in [0.25, 0.3) is 10.0 Å². The average Bonchev–Trinajstić information content (AvgIpc) is 3.42. The number of benzene rings is 1. The Morgan fingerprint density at radius 3 is 2.42 bits per heavy atom. The van der Waals surface area contributed by atoms with Gasteiger partial charge in [0.2, 0.25) is 0 Å². The Hall–Kier alpha value is -4.06. The lowest BCUT2D eigenvalue weighted by Gasteiger charge is -2.17. The molecule has 1 aromatic carbocycles. The Morgan fingerprint density at radius 2 is 1.82 bits per heavy atom. The van der Waals surface area contributed by atoms with E-state index < -0.39 is 10.0 Å². The fourth-order valence-electron chi connectivity index (χ4n) is 3.35. The second-order valence-corrected chi connectivity index (χ2v) is 8.93. The molecule has 0 saturated carbocycles. The van der Waals surface area contributed by atoms with Gasteiger partial charge < -0.3 is 15.2 Å². The average molecular weight is 470 g/mol. The van der Waals surface area contributed by atoms with Crippen molar-refractivity contribution in [2.75, 3.05) is 24.7 Å². The summed E-state index contributed by atoms with van der Waals surface area (Å²) in [6.45, 7) is 0. The third kappa shape index (κ3) is 4.32. The summed E-state index contributed by atoms with van der Waals surface area (Å²) in [5, 5.41) is 8.33. The fourth-order valence-corrected chi connectivity index (χ4v) is 4.39. The van der Waals surface area contributed by atoms with Gasteiger partial charge in [-0.2, -0.15) is 10.2 Å². The minimum atomic E-state index is -3.94. The lowest BCUT2D eigenvalue weighted by Crippen LogP contribution is -2.13. The van der Waals surface area contributed by atoms with E-state index in [1.54, 1.807) is 30.1 Å². The molecule has 0 bridgehead atoms. The normalized spacial score (nSPS) is 11.4. The van der Waals surface area contributed by atoms with Crippen LogP contribution in [0.15, 0.2) is 53.9 Å². The number of anilines is 2. The molecule has 0 aliphatic carbocycles. The highest BCUT2D eigenvalue weighted by Gasteiger charge is 2.22. The number of nitrogens with zero attached hydrogens (tertiary/aromatic N) is 5. The van der Waals surface area contributed by atoms with Gasteiger partial charge in [0.1, 0.15) is 10.7 Å². The molecular weight excluding hydrogens is 446 g/mol. The molecule has 3 aromatic heterocycles. The van der Waals surface area contributed by atoms with E-state index in [1.165, 1.54) is 31.3 Å². The molecule has 33 heavy (non-hydrogen) atoms. The Labute approximate surface area is 190 Å². The zero-order valence-corrected chi connectivity index (χ0v) is 19.3. The van der Waals surface area contributed by atoms with Crippen LogP contribution in [0, 0.1) is 0 Å². The monoisotopic (exact) mass is 469 g/mol. The van der Waals surface area contributed by atoms with Crippen molar-refractivity contribution in [2.24, 2.45) is 14.1 Å². The van der Waals surface area contributed by atoms with Crippen LogP contribution in [0.1, 0.15) is 0 Å². The van der Waals surface area contributed by atoms with Gasteiger partial charge in [-0.3, -0.25) is 14.1 Å². The minimum absolute atomic E-state index is 0.00903. The molecule has 0 amide bonds. The Bertz CT molecular complexity index is 1430. The van der Waals surface area contributed by atoms with Gasteiger partial charge >= 0.3 is 0 Å². The van der Waals surface area contributed by atoms with E-state index in [9.17, 15) is 8.42 Å². The number of sulfonamides is 1. The zero-order valence-electron chi connectivity index (χ0n) is 18.5. The van der Waals surface area contributed by atoms with Gasteiger partial charge in [-0.25, -0.2) is 13.4 Å². The summed E-state index contributed by atoms with van der Waals surface area (Å²) in [5.41, 5.74) is 9.01. The molecule has 0 fully saturated rings. The van der Waals surface area contributed by atoms with Crippen LogP contribution < -0.4 is 19.9 Å². The molecule has 11 nitrogen and oxygen atoms in total. The van der Waals surface area contributed by atoms with E-state index in [0.29, 0.717) is 16.9 Å². The van der Waals surface area contributed by atoms with Gasteiger partial charge in [-0.05, 0) is 29.8 Å². The van der Waals surface area contributed by atoms with Gasteiger partial charge in [0, 0.05) is 43.8 Å². The third-order valence-corrected chi connectivity index (χ3v) is 6.27. The molecule has 4 aromatic rings. The summed E-state index contributed by atoms with van der Waals surface area (Å²) < 4.78 is 42.4. The van der Waals surface area contributed by atoms with Crippen molar-refractivity contribution in [3.8, 4) is 33.9 Å². The van der Waals surface area contributed by atoms with Crippen molar-refractivity contribution in [1.29, 1.82) is 0 Å². The SMILES string of the molecule is COc1cc(-c2cc(-c3ccn(C)n3)cnc2N)cc(NS(=O)(=O)c2cnn(C)c2)c1OC. The van der Waals surface area contributed by atoms with Gasteiger partial charge in [0.15, 0.2) is 11.5 Å². The van der Waals surface area contributed by atoms with Crippen LogP contribution in [0.3, 0.4) is 0 Å². The maximum atomic E-state index is 12.9. The molecule has 0 atom stereocenters. The largest absolute Gasteiger partial charge is 0.493 e. The predicted molar refractivity (Wildman–Crippen MR) is 123 cm³/mol. The number of nitrogens with one attached hydrogen (secondary N) is 1. The number of ether oxygens (including phenoxy) is 2. The smallest absolute Gasteiger partial charge is 0.265 e. The predicted octanol–water partition coefficient (Wildman–Crippen LogP) is 2.28. The molecule has 0 aliphatic rings. The third-order valence-electron chi connectivity index (χ3n) is 4.95. The van der Waals surface area contributed by atoms with E-state index in [4.69, 9.17) is 15.2 Å². The van der Waals surface area contributed by atoms with Gasteiger partial charge in [-0.15, -0.1) is 0 Å². The first-order valence-electron chi connectivity index (χ1n) is 9.75. The van der Waals surface area contributed by atoms with Crippen LogP contribution in [0.5, 0.6) is 11.5 Å². The number of pyridine rings is 1. The van der Waals surface area contributed by atoms with E-state index in [-0.39, 0.29) is 22.2 Å². The quantitative estimate of drug-likeness (QED) is 0.420. The number of rotatable bonds is 7. The van der Waals surface area contributed by atoms with Crippen molar-refractivity contribution < 1.29 is 17.9 Å². The number of hydrogen-bond donors (Lipinski definition) is 2. The highest BCUT2D eigenvalue weighted by molar-refractivity contribution is 7.92. The molecule has 0 radical (unpaired) electrons. The number of methoxy groups -OCH3 is 2. The number of aromatic nitrogens is 5. The molecule has 4 rings (SSSR count). The fraction of sp³-hybridized carbons (Fsp3) is 0.190. The van der Waals surface area contributed by atoms with Crippen LogP contribution in [-0.4, -0.2) is 47.2 Å². The van der Waals surface area contributed by atoms with Crippen LogP contribution in [0.4, 0.5) is 11.5 Å². The molecule has 0 aliphatic heterocycles. The Morgan fingerprint density at radius 1 is 1.03 bits per heavy atom. The standard InChI is InChI=1S/C21H23N7O4S/c1-27-6-5-17(25-27)14-7-16(21(22)23-10-14)13-8-18(20(32-4)19(9-13)31-3)26-33(29,30)15-11-24-28(2)12-15/h5-12,26H,1-4H3,(H2,22,23). The highest BCUT2D eigenvalue weighted by Crippen LogP contribution is 2.42. The Kier molecular flexibility index (Phi) is 5.68. The molecule has 3 N–H and O–H groups in total. The maximum absolute atomic E-state index is 12.9. The maximum Gasteiger partial charge on any atom is 0.265 e. The van der Waals surface area contributed by atoms with E-state index in [2.05, 4.69) is 19.9 Å². The van der Waals surface area contributed by atoms with Crippen LogP contribution >= 0.6 is 0 Å². The summed E-state index contributed by atoms with van der Waals surface area (Å²) >= 11 is 0. The zero-order chi connectivity index (χ0) is 23.8. The van der Waals surface area contributed by atoms with Crippen molar-refractivity contribution in [1.82, 2.24) is 24.5 Å². The lowest BCUT2D eigenvalue weighted by atomic mass is 10.0. The van der Waals surface area contributed by atoms with Crippen molar-refractivity contribution in [3.05, 3.63) is 49.1 Å². The van der Waals surface area contributed by atoms with Gasteiger partial charge in [0.05, 0.1) is 31.8 Å². The summed E-state index contributed by atoms with van der Waals surface area (Å²) in [6.07, 6.45) is 6.11. The lowest BCUT2D eigenvalue weighted by molar-refractivity contribution is 0.356. The summed E-state index contributed by atoms with van der Waals surface area (Å²) in [6, 6.07) is 7.02. The minimum Gasteiger partial charge on any atom is -0.493 e. The molecule has 0 unspecified atom stereocenters. The second-order valence-electron chi connectivity index (χ2n) is 7.25. The van der Waals surface area contributed by atoms with Crippen molar-refractivity contribution in [2.45, 2.75) is 4.90 Å². The first-order chi connectivity index (χ1) is 15.7. The van der Waals surface area contributed by atoms with Crippen molar-refractivity contribution >= 4 is 21.5 Å². The summed E-state index contributed by atoms with van der Waals surface area (Å²) in [5.74, 6) is 0.811. The molecule has 0 saturated heterocycles. The summed E-state index contributed by atoms with van der Waals surface area (Å²) in [7, 11) is 2.41.